The molecule has 2 saturated heterocycles. The first-order chi connectivity index (χ1) is 9.00. The van der Waals surface area contributed by atoms with Crippen LogP contribution < -0.4 is 0 Å². The highest BCUT2D eigenvalue weighted by molar-refractivity contribution is 6.01. The lowest BCUT2D eigenvalue weighted by Crippen LogP contribution is -2.47. The number of likely N-dealkylation sites (N-methyl/N-ethyl adjacent to an activating group) is 1. The Morgan fingerprint density at radius 1 is 1.26 bits per heavy atom. The maximum atomic E-state index is 11.5. The van der Waals surface area contributed by atoms with E-state index < -0.39 is 5.60 Å². The van der Waals surface area contributed by atoms with Gasteiger partial charge >= 0.3 is 0 Å². The maximum Gasteiger partial charge on any atom is 0.229 e. The molecule has 6 heteroatoms. The van der Waals surface area contributed by atoms with Crippen molar-refractivity contribution in [3.63, 3.8) is 0 Å². The topological polar surface area (TPSA) is 70.1 Å². The highest BCUT2D eigenvalue weighted by atomic mass is 16.5. The lowest BCUT2D eigenvalue weighted by atomic mass is 9.94. The molecule has 0 bridgehead atoms. The van der Waals surface area contributed by atoms with Crippen LogP contribution in [0.2, 0.25) is 0 Å². The lowest BCUT2D eigenvalue weighted by Gasteiger charge is -2.35. The number of likely N-dealkylation sites (tertiary alicyclic amines) is 1. The van der Waals surface area contributed by atoms with Crippen molar-refractivity contribution >= 4 is 11.8 Å². The monoisotopic (exact) mass is 270 g/mol. The van der Waals surface area contributed by atoms with E-state index in [2.05, 4.69) is 0 Å². The number of aliphatic hydroxyl groups is 1. The molecule has 1 N–H and O–H groups in total. The van der Waals surface area contributed by atoms with Gasteiger partial charge in [-0.15, -0.1) is 0 Å². The predicted molar refractivity (Wildman–Crippen MR) is 68.5 cm³/mol. The largest absolute Gasteiger partial charge is 0.388 e. The van der Waals surface area contributed by atoms with Crippen molar-refractivity contribution in [1.82, 2.24) is 9.80 Å². The van der Waals surface area contributed by atoms with E-state index in [-0.39, 0.29) is 11.8 Å². The summed E-state index contributed by atoms with van der Waals surface area (Å²) < 4.78 is 5.24. The van der Waals surface area contributed by atoms with Crippen molar-refractivity contribution in [2.45, 2.75) is 31.3 Å². The molecule has 0 radical (unpaired) electrons. The molecule has 19 heavy (non-hydrogen) atoms. The van der Waals surface area contributed by atoms with Crippen LogP contribution in [0.5, 0.6) is 0 Å². The Balaban J connectivity index is 1.76. The van der Waals surface area contributed by atoms with Crippen LogP contribution >= 0.6 is 0 Å². The highest BCUT2D eigenvalue weighted by Crippen LogP contribution is 2.21. The fraction of sp³-hybridized carbons (Fsp3) is 0.846. The fourth-order valence-electron chi connectivity index (χ4n) is 2.63. The summed E-state index contributed by atoms with van der Waals surface area (Å²) in [5.41, 5.74) is -0.702. The number of hydrogen-bond acceptors (Lipinski definition) is 5. The van der Waals surface area contributed by atoms with Crippen LogP contribution in [0.4, 0.5) is 0 Å². The summed E-state index contributed by atoms with van der Waals surface area (Å²) in [4.78, 5) is 26.2. The van der Waals surface area contributed by atoms with Gasteiger partial charge in [-0.25, -0.2) is 0 Å². The molecule has 2 aliphatic rings. The Morgan fingerprint density at radius 2 is 1.84 bits per heavy atom. The van der Waals surface area contributed by atoms with E-state index in [1.165, 1.54) is 4.90 Å². The number of hydrogen-bond donors (Lipinski definition) is 1. The number of ether oxygens (including phenoxy) is 1. The third kappa shape index (κ3) is 3.75. The van der Waals surface area contributed by atoms with Crippen molar-refractivity contribution in [3.8, 4) is 0 Å². The summed E-state index contributed by atoms with van der Waals surface area (Å²) in [6.07, 6.45) is 1.95. The summed E-state index contributed by atoms with van der Waals surface area (Å²) in [5, 5.41) is 10.4. The second-order valence-electron chi connectivity index (χ2n) is 5.51. The van der Waals surface area contributed by atoms with Gasteiger partial charge in [-0.2, -0.15) is 0 Å². The van der Waals surface area contributed by atoms with Gasteiger partial charge in [0.1, 0.15) is 0 Å². The highest BCUT2D eigenvalue weighted by Gasteiger charge is 2.32. The van der Waals surface area contributed by atoms with Gasteiger partial charge in [-0.3, -0.25) is 14.5 Å². The molecule has 108 valence electrons. The molecule has 2 aliphatic heterocycles. The standard InChI is InChI=1S/C13H22N2O4/c1-14(10-13(18)4-8-19-9-5-13)6-7-15-11(16)2-3-12(15)17/h18H,2-10H2,1H3. The fourth-order valence-corrected chi connectivity index (χ4v) is 2.63. The molecular weight excluding hydrogens is 248 g/mol. The Hall–Kier alpha value is -0.980. The first-order valence-electron chi connectivity index (χ1n) is 6.82. The van der Waals surface area contributed by atoms with Gasteiger partial charge in [0.2, 0.25) is 11.8 Å². The molecule has 0 spiro atoms. The average Bonchev–Trinajstić information content (AvgIpc) is 2.67. The molecule has 0 aromatic heterocycles. The van der Waals surface area contributed by atoms with Crippen LogP contribution in [0.3, 0.4) is 0 Å². The van der Waals surface area contributed by atoms with Crippen molar-refractivity contribution in [3.05, 3.63) is 0 Å². The summed E-state index contributed by atoms with van der Waals surface area (Å²) in [6.45, 7) is 2.74. The Bertz CT molecular complexity index is 337. The van der Waals surface area contributed by atoms with Crippen molar-refractivity contribution < 1.29 is 19.4 Å². The molecule has 0 aromatic carbocycles. The zero-order valence-corrected chi connectivity index (χ0v) is 11.4. The number of imide groups is 1. The second kappa shape index (κ2) is 5.98. The molecule has 2 amide bonds. The van der Waals surface area contributed by atoms with Gasteiger partial charge in [0.25, 0.3) is 0 Å². The van der Waals surface area contributed by atoms with Crippen LogP contribution in [0.25, 0.3) is 0 Å². The van der Waals surface area contributed by atoms with E-state index in [0.29, 0.717) is 58.5 Å². The first-order valence-corrected chi connectivity index (χ1v) is 6.82. The van der Waals surface area contributed by atoms with Gasteiger partial charge < -0.3 is 14.7 Å². The molecule has 2 fully saturated rings. The van der Waals surface area contributed by atoms with E-state index in [1.54, 1.807) is 0 Å². The van der Waals surface area contributed by atoms with Crippen molar-refractivity contribution in [1.29, 1.82) is 0 Å². The van der Waals surface area contributed by atoms with Crippen LogP contribution in [0.15, 0.2) is 0 Å². The molecular formula is C13H22N2O4. The molecule has 0 atom stereocenters. The van der Waals surface area contributed by atoms with E-state index in [4.69, 9.17) is 4.74 Å². The number of carbonyl (C=O) groups excluding carboxylic acids is 2. The van der Waals surface area contributed by atoms with Gasteiger partial charge in [0.05, 0.1) is 5.60 Å². The number of amides is 2. The van der Waals surface area contributed by atoms with Crippen LogP contribution in [0, 0.1) is 0 Å². The molecule has 0 aliphatic carbocycles. The van der Waals surface area contributed by atoms with Crippen LogP contribution in [0.1, 0.15) is 25.7 Å². The third-order valence-corrected chi connectivity index (χ3v) is 3.85. The maximum absolute atomic E-state index is 11.5. The third-order valence-electron chi connectivity index (χ3n) is 3.85. The average molecular weight is 270 g/mol. The smallest absolute Gasteiger partial charge is 0.229 e. The van der Waals surface area contributed by atoms with E-state index in [1.807, 2.05) is 11.9 Å². The van der Waals surface area contributed by atoms with E-state index in [9.17, 15) is 14.7 Å². The van der Waals surface area contributed by atoms with Crippen molar-refractivity contribution in [2.24, 2.45) is 0 Å². The summed E-state index contributed by atoms with van der Waals surface area (Å²) in [5.74, 6) is -0.161. The SMILES string of the molecule is CN(CCN1C(=O)CCC1=O)CC1(O)CCOCC1. The van der Waals surface area contributed by atoms with Gasteiger partial charge in [0.15, 0.2) is 0 Å². The predicted octanol–water partition coefficient (Wildman–Crippen LogP) is -0.391. The number of rotatable bonds is 5. The zero-order chi connectivity index (χ0) is 13.9. The molecule has 2 heterocycles. The minimum atomic E-state index is -0.702. The quantitative estimate of drug-likeness (QED) is 0.689. The molecule has 0 unspecified atom stereocenters. The van der Waals surface area contributed by atoms with Gasteiger partial charge in [-0.05, 0) is 7.05 Å². The molecule has 0 aromatic rings. The minimum absolute atomic E-state index is 0.0804. The molecule has 2 rings (SSSR count). The Kier molecular flexibility index (Phi) is 4.54. The Morgan fingerprint density at radius 3 is 2.42 bits per heavy atom. The number of nitrogens with zero attached hydrogens (tertiary/aromatic N) is 2. The lowest BCUT2D eigenvalue weighted by molar-refractivity contribution is -0.138. The van der Waals surface area contributed by atoms with Crippen LogP contribution in [-0.2, 0) is 14.3 Å². The summed E-state index contributed by atoms with van der Waals surface area (Å²) in [6, 6.07) is 0. The number of carbonyl (C=O) groups is 2. The molecule has 6 nitrogen and oxygen atoms in total. The minimum Gasteiger partial charge on any atom is -0.388 e. The zero-order valence-electron chi connectivity index (χ0n) is 11.4. The second-order valence-corrected chi connectivity index (χ2v) is 5.51. The van der Waals surface area contributed by atoms with Gasteiger partial charge in [0, 0.05) is 58.5 Å². The Labute approximate surface area is 113 Å². The van der Waals surface area contributed by atoms with Gasteiger partial charge in [-0.1, -0.05) is 0 Å². The molecule has 0 saturated carbocycles. The van der Waals surface area contributed by atoms with Crippen molar-refractivity contribution in [2.75, 3.05) is 39.9 Å². The summed E-state index contributed by atoms with van der Waals surface area (Å²) in [7, 11) is 1.90. The first kappa shape index (κ1) is 14.4. The summed E-state index contributed by atoms with van der Waals surface area (Å²) >= 11 is 0. The van der Waals surface area contributed by atoms with Crippen LogP contribution in [-0.4, -0.2) is 72.2 Å². The van der Waals surface area contributed by atoms with E-state index in [0.717, 1.165) is 0 Å². The normalized spacial score (nSPS) is 23.4. The van der Waals surface area contributed by atoms with E-state index >= 15 is 0 Å².